The van der Waals surface area contributed by atoms with Gasteiger partial charge in [-0.3, -0.25) is 15.8 Å². The molecule has 1 atom stereocenters. The van der Waals surface area contributed by atoms with Gasteiger partial charge in [0.1, 0.15) is 0 Å². The maximum Gasteiger partial charge on any atom is 0.0916 e. The van der Waals surface area contributed by atoms with Crippen LogP contribution in [0.4, 0.5) is 5.69 Å². The van der Waals surface area contributed by atoms with Crippen LogP contribution < -0.4 is 17.0 Å². The highest BCUT2D eigenvalue weighted by Gasteiger charge is 2.18. The number of nitrogens with two attached hydrogens (primary N) is 2. The Morgan fingerprint density at radius 1 is 1.19 bits per heavy atom. The van der Waals surface area contributed by atoms with E-state index >= 15 is 0 Å². The van der Waals surface area contributed by atoms with Gasteiger partial charge in [0.2, 0.25) is 0 Å². The van der Waals surface area contributed by atoms with E-state index in [4.69, 9.17) is 16.6 Å². The number of hydrazine groups is 1. The number of anilines is 1. The van der Waals surface area contributed by atoms with E-state index in [1.165, 1.54) is 0 Å². The van der Waals surface area contributed by atoms with Crippen molar-refractivity contribution in [1.29, 1.82) is 0 Å². The highest BCUT2D eigenvalue weighted by Crippen LogP contribution is 2.27. The number of hydrogen-bond acceptors (Lipinski definition) is 5. The van der Waals surface area contributed by atoms with Gasteiger partial charge in [-0.25, -0.2) is 5.43 Å². The van der Waals surface area contributed by atoms with Crippen molar-refractivity contribution < 1.29 is 0 Å². The van der Waals surface area contributed by atoms with Gasteiger partial charge >= 0.3 is 0 Å². The van der Waals surface area contributed by atoms with E-state index in [2.05, 4.69) is 23.4 Å². The van der Waals surface area contributed by atoms with Gasteiger partial charge < -0.3 is 5.73 Å². The summed E-state index contributed by atoms with van der Waals surface area (Å²) >= 11 is 0. The Balaban J connectivity index is 2.16. The molecular weight excluding hydrogens is 262 g/mol. The molecule has 0 aliphatic carbocycles. The van der Waals surface area contributed by atoms with Crippen molar-refractivity contribution in [3.05, 3.63) is 65.6 Å². The number of benzene rings is 1. The van der Waals surface area contributed by atoms with E-state index in [0.717, 1.165) is 27.7 Å². The van der Waals surface area contributed by atoms with Crippen LogP contribution in [0, 0.1) is 6.92 Å². The third-order valence-corrected chi connectivity index (χ3v) is 3.60. The molecule has 21 heavy (non-hydrogen) atoms. The van der Waals surface area contributed by atoms with E-state index in [1.807, 2.05) is 24.3 Å². The Bertz CT molecular complexity index is 784. The van der Waals surface area contributed by atoms with Gasteiger partial charge in [-0.1, -0.05) is 18.2 Å². The van der Waals surface area contributed by atoms with Crippen LogP contribution in [0.15, 0.2) is 48.8 Å². The van der Waals surface area contributed by atoms with Gasteiger partial charge in [-0.15, -0.1) is 0 Å². The molecule has 5 N–H and O–H groups in total. The SMILES string of the molecule is Cc1cc(C(NN)c2cnccc2N)nc2ccccc12. The first-order valence-corrected chi connectivity index (χ1v) is 6.72. The van der Waals surface area contributed by atoms with E-state index in [1.54, 1.807) is 18.5 Å². The first-order chi connectivity index (χ1) is 10.2. The number of nitrogens with one attached hydrogen (secondary N) is 1. The second-order valence-corrected chi connectivity index (χ2v) is 4.99. The first-order valence-electron chi connectivity index (χ1n) is 6.72. The van der Waals surface area contributed by atoms with E-state index < -0.39 is 0 Å². The Kier molecular flexibility index (Phi) is 3.51. The zero-order valence-corrected chi connectivity index (χ0v) is 11.7. The van der Waals surface area contributed by atoms with Crippen LogP contribution >= 0.6 is 0 Å². The first kappa shape index (κ1) is 13.5. The van der Waals surface area contributed by atoms with Gasteiger partial charge in [-0.2, -0.15) is 0 Å². The van der Waals surface area contributed by atoms with Crippen LogP contribution in [0.1, 0.15) is 22.9 Å². The van der Waals surface area contributed by atoms with E-state index in [9.17, 15) is 0 Å². The molecule has 0 aliphatic rings. The smallest absolute Gasteiger partial charge is 0.0916 e. The molecule has 0 spiro atoms. The predicted octanol–water partition coefficient (Wildman–Crippen LogP) is 2.07. The van der Waals surface area contributed by atoms with Crippen LogP contribution in [0.3, 0.4) is 0 Å². The second-order valence-electron chi connectivity index (χ2n) is 4.99. The van der Waals surface area contributed by atoms with Crippen molar-refractivity contribution in [1.82, 2.24) is 15.4 Å². The minimum absolute atomic E-state index is 0.290. The van der Waals surface area contributed by atoms with Crippen molar-refractivity contribution >= 4 is 16.6 Å². The molecule has 0 saturated heterocycles. The molecule has 0 amide bonds. The minimum atomic E-state index is -0.290. The van der Waals surface area contributed by atoms with Crippen molar-refractivity contribution in [2.75, 3.05) is 5.73 Å². The summed E-state index contributed by atoms with van der Waals surface area (Å²) < 4.78 is 0. The number of aryl methyl sites for hydroxylation is 1. The van der Waals surface area contributed by atoms with Gasteiger partial charge in [0.25, 0.3) is 0 Å². The third kappa shape index (κ3) is 2.44. The van der Waals surface area contributed by atoms with Gasteiger partial charge in [0, 0.05) is 29.0 Å². The van der Waals surface area contributed by atoms with Crippen LogP contribution in [-0.4, -0.2) is 9.97 Å². The summed E-state index contributed by atoms with van der Waals surface area (Å²) in [5.74, 6) is 5.73. The van der Waals surface area contributed by atoms with Gasteiger partial charge in [-0.05, 0) is 30.7 Å². The molecule has 106 valence electrons. The normalized spacial score (nSPS) is 12.5. The predicted molar refractivity (Wildman–Crippen MR) is 84.3 cm³/mol. The average molecular weight is 279 g/mol. The number of pyridine rings is 2. The number of hydrogen-bond donors (Lipinski definition) is 3. The quantitative estimate of drug-likeness (QED) is 0.504. The fourth-order valence-electron chi connectivity index (χ4n) is 2.52. The molecule has 0 aliphatic heterocycles. The lowest BCUT2D eigenvalue weighted by Crippen LogP contribution is -2.30. The maximum absolute atomic E-state index is 6.02. The Labute approximate surface area is 123 Å². The van der Waals surface area contributed by atoms with Crippen LogP contribution in [0.2, 0.25) is 0 Å². The molecule has 3 rings (SSSR count). The molecule has 3 aromatic rings. The molecule has 5 nitrogen and oxygen atoms in total. The highest BCUT2D eigenvalue weighted by molar-refractivity contribution is 5.82. The monoisotopic (exact) mass is 279 g/mol. The van der Waals surface area contributed by atoms with Crippen molar-refractivity contribution in [3.8, 4) is 0 Å². The Morgan fingerprint density at radius 2 is 2.00 bits per heavy atom. The molecule has 0 radical (unpaired) electrons. The lowest BCUT2D eigenvalue weighted by Gasteiger charge is -2.18. The van der Waals surface area contributed by atoms with Gasteiger partial charge in [0.15, 0.2) is 0 Å². The van der Waals surface area contributed by atoms with Crippen LogP contribution in [0.25, 0.3) is 10.9 Å². The summed E-state index contributed by atoms with van der Waals surface area (Å²) in [6.45, 7) is 2.06. The van der Waals surface area contributed by atoms with Crippen LogP contribution in [0.5, 0.6) is 0 Å². The standard InChI is InChI=1S/C16H17N5/c1-10-8-15(20-14-5-3-2-4-11(10)14)16(21-18)12-9-19-7-6-13(12)17/h2-9,16,21H,18H2,1H3,(H2,17,19). The maximum atomic E-state index is 6.02. The lowest BCUT2D eigenvalue weighted by molar-refractivity contribution is 0.622. The topological polar surface area (TPSA) is 89.8 Å². The molecule has 0 saturated carbocycles. The van der Waals surface area contributed by atoms with E-state index in [0.29, 0.717) is 5.69 Å². The summed E-state index contributed by atoms with van der Waals surface area (Å²) in [5, 5.41) is 1.14. The largest absolute Gasteiger partial charge is 0.398 e. The fraction of sp³-hybridized carbons (Fsp3) is 0.125. The fourth-order valence-corrected chi connectivity index (χ4v) is 2.52. The molecule has 0 bridgehead atoms. The number of rotatable bonds is 3. The zero-order valence-electron chi connectivity index (χ0n) is 11.7. The molecule has 2 aromatic heterocycles. The highest BCUT2D eigenvalue weighted by atomic mass is 15.2. The second kappa shape index (κ2) is 5.47. The minimum Gasteiger partial charge on any atom is -0.398 e. The zero-order chi connectivity index (χ0) is 14.8. The summed E-state index contributed by atoms with van der Waals surface area (Å²) in [6, 6.07) is 11.5. The number of para-hydroxylation sites is 1. The number of fused-ring (bicyclic) bond motifs is 1. The summed E-state index contributed by atoms with van der Waals surface area (Å²) in [4.78, 5) is 8.82. The molecule has 0 fully saturated rings. The number of nitrogens with zero attached hydrogens (tertiary/aromatic N) is 2. The Hall–Kier alpha value is -2.50. The summed E-state index contributed by atoms with van der Waals surface area (Å²) in [6.07, 6.45) is 3.37. The summed E-state index contributed by atoms with van der Waals surface area (Å²) in [7, 11) is 0. The number of aromatic nitrogens is 2. The lowest BCUT2D eigenvalue weighted by atomic mass is 10.0. The Morgan fingerprint density at radius 3 is 2.76 bits per heavy atom. The molecule has 2 heterocycles. The third-order valence-electron chi connectivity index (χ3n) is 3.60. The van der Waals surface area contributed by atoms with Crippen LogP contribution in [-0.2, 0) is 0 Å². The average Bonchev–Trinajstić information content (AvgIpc) is 2.50. The van der Waals surface area contributed by atoms with Crippen molar-refractivity contribution in [2.45, 2.75) is 13.0 Å². The summed E-state index contributed by atoms with van der Waals surface area (Å²) in [5.41, 5.74) is 13.2. The van der Waals surface area contributed by atoms with Crippen molar-refractivity contribution in [3.63, 3.8) is 0 Å². The van der Waals surface area contributed by atoms with E-state index in [-0.39, 0.29) is 6.04 Å². The molecule has 1 aromatic carbocycles. The van der Waals surface area contributed by atoms with Gasteiger partial charge in [0.05, 0.1) is 17.3 Å². The van der Waals surface area contributed by atoms with Crippen molar-refractivity contribution in [2.24, 2.45) is 5.84 Å². The molecule has 5 heteroatoms. The molecule has 1 unspecified atom stereocenters. The molecular formula is C16H17N5. The number of nitrogen functional groups attached to an aromatic ring is 1.